The van der Waals surface area contributed by atoms with Crippen LogP contribution in [0.1, 0.15) is 173 Å². The van der Waals surface area contributed by atoms with E-state index in [4.69, 9.17) is 29.7 Å². The summed E-state index contributed by atoms with van der Waals surface area (Å²) in [6.45, 7) is 23.6. The zero-order chi connectivity index (χ0) is 47.1. The van der Waals surface area contributed by atoms with Gasteiger partial charge in [0.25, 0.3) is 0 Å². The minimum atomic E-state index is -1.26. The molecule has 1 aliphatic carbocycles. The van der Waals surface area contributed by atoms with E-state index in [0.717, 1.165) is 47.6 Å². The Bertz CT molecular complexity index is 2520. The Hall–Kier alpha value is -4.74. The number of carbonyl (C=O) groups excluding carboxylic acids is 3. The van der Waals surface area contributed by atoms with Crippen molar-refractivity contribution in [3.63, 3.8) is 0 Å². The molecule has 0 aromatic carbocycles. The molecule has 0 spiro atoms. The number of rotatable bonds is 20. The Morgan fingerprint density at radius 1 is 0.833 bits per heavy atom. The molecular formula is C55H70MgN4O6-2. The minimum absolute atomic E-state index is 0. The summed E-state index contributed by atoms with van der Waals surface area (Å²) in [5, 5.41) is 16.3. The summed E-state index contributed by atoms with van der Waals surface area (Å²) < 4.78 is 11.0. The number of hydrogen-bond donors (Lipinski definition) is 1. The van der Waals surface area contributed by atoms with Crippen molar-refractivity contribution in [1.29, 1.82) is 0 Å². The Kier molecular flexibility index (Phi) is 18.5. The molecular weight excluding hydrogens is 837 g/mol. The van der Waals surface area contributed by atoms with Crippen molar-refractivity contribution in [1.82, 2.24) is 15.0 Å². The first-order valence-corrected chi connectivity index (χ1v) is 23.8. The van der Waals surface area contributed by atoms with Crippen molar-refractivity contribution in [2.24, 2.45) is 35.5 Å². The molecule has 6 rings (SSSR count). The minimum Gasteiger partial charge on any atom is -0.664 e. The number of ketones is 1. The third kappa shape index (κ3) is 11.7. The molecule has 1 N–H and O–H groups in total. The van der Waals surface area contributed by atoms with Gasteiger partial charge < -0.3 is 34.8 Å². The molecule has 0 radical (unpaired) electrons. The number of carbonyl (C=O) groups is 3. The quantitative estimate of drug-likeness (QED) is 0.0385. The van der Waals surface area contributed by atoms with Gasteiger partial charge in [0.1, 0.15) is 12.5 Å². The topological polar surface area (TPSA) is 146 Å². The first-order valence-electron chi connectivity index (χ1n) is 23.8. The van der Waals surface area contributed by atoms with Crippen LogP contribution in [0.15, 0.2) is 35.9 Å². The summed E-state index contributed by atoms with van der Waals surface area (Å²) in [6.07, 6.45) is 23.7. The Labute approximate surface area is 408 Å². The van der Waals surface area contributed by atoms with E-state index in [0.29, 0.717) is 79.5 Å². The van der Waals surface area contributed by atoms with Crippen molar-refractivity contribution >= 4 is 76.7 Å². The monoisotopic (exact) mass is 907 g/mol. The zero-order valence-electron chi connectivity index (χ0n) is 41.2. The van der Waals surface area contributed by atoms with Crippen molar-refractivity contribution < 1.29 is 29.0 Å². The predicted octanol–water partition coefficient (Wildman–Crippen LogP) is 10.3. The fourth-order valence-corrected chi connectivity index (χ4v) is 9.89. The van der Waals surface area contributed by atoms with E-state index in [2.05, 4.69) is 48.1 Å². The van der Waals surface area contributed by atoms with Crippen LogP contribution >= 0.6 is 0 Å². The van der Waals surface area contributed by atoms with Crippen LogP contribution in [0.3, 0.4) is 0 Å². The van der Waals surface area contributed by atoms with Gasteiger partial charge in [-0.3, -0.25) is 14.4 Å². The average molecular weight is 907 g/mol. The molecule has 350 valence electrons. The number of esters is 2. The second kappa shape index (κ2) is 23.3. The van der Waals surface area contributed by atoms with E-state index in [9.17, 15) is 19.5 Å². The third-order valence-electron chi connectivity index (χ3n) is 14.0. The summed E-state index contributed by atoms with van der Waals surface area (Å²) >= 11 is 0. The molecule has 66 heavy (non-hydrogen) atoms. The van der Waals surface area contributed by atoms with Gasteiger partial charge in [-0.1, -0.05) is 138 Å². The summed E-state index contributed by atoms with van der Waals surface area (Å²) in [4.78, 5) is 56.4. The standard InChI is InChI=1S/C55H71N4O6.Mg/c1-12-39-35(7)42-28-44-37(9)41(22-23-48(61)65-27-25-34(6)21-15-20-33(5)19-14-18-32(4)17-13-16-31(2)3)52(58-44)50-51(55(63)64-11)54(62)49-38(10)45(59-53(49)50)30-47-40(24-26-60)36(8)43(57-47)29-46(39)56-42;/h12,24-26,28-33,37,41,51H,1,13-23,27H2,2-11H3,(H2-,58,59,60,62);/q-3;+2/p-1/b26-24+,34-25+,43-29-,44-28-,47-30-;/t32-,33-,37+,41+,51-;/m1./s1. The number of methoxy groups -OCH3 is 1. The van der Waals surface area contributed by atoms with Crippen molar-refractivity contribution in [3.05, 3.63) is 108 Å². The maximum Gasteiger partial charge on any atom is 2.00 e. The maximum absolute atomic E-state index is 14.4. The number of Topliss-reactive ketones (excluding diaryl/α,β-unsaturated/α-hetero) is 1. The predicted molar refractivity (Wildman–Crippen MR) is 267 cm³/mol. The summed E-state index contributed by atoms with van der Waals surface area (Å²) in [5.74, 6) is -0.956. The number of hydrogen-bond acceptors (Lipinski definition) is 6. The second-order valence-electron chi connectivity index (χ2n) is 19.3. The van der Waals surface area contributed by atoms with Crippen molar-refractivity contribution in [2.75, 3.05) is 13.7 Å². The van der Waals surface area contributed by atoms with Gasteiger partial charge in [-0.25, -0.2) is 0 Å². The number of allylic oxidation sites excluding steroid dienone is 3. The molecule has 1 saturated heterocycles. The molecule has 0 saturated carbocycles. The molecule has 3 aromatic rings. The van der Waals surface area contributed by atoms with Crippen LogP contribution in [0.2, 0.25) is 0 Å². The van der Waals surface area contributed by atoms with Crippen molar-refractivity contribution in [2.45, 2.75) is 133 Å². The molecule has 3 aromatic heterocycles. The molecule has 0 unspecified atom stereocenters. The van der Waals surface area contributed by atoms with Gasteiger partial charge in [0, 0.05) is 12.0 Å². The SMILES string of the molecule is C=Cc1c2[n-]c(c1C)/C=C1\[N-]/C(=C3\c4[n-]c(c(C)c4C(=O)[C@@H]3C(=O)OC)/C=c3\[n-]/c(c(C)c3/C=C/O)=C\2)[C@@H](CCC(=O)OC/C=C(\C)CCC[C@H](C)CCC[C@H](C)CCCC(C)C)[C@@H]1C.[Mg+2]. The van der Waals surface area contributed by atoms with Gasteiger partial charge in [-0.2, -0.15) is 11.4 Å². The van der Waals surface area contributed by atoms with E-state index in [1.807, 2.05) is 39.0 Å². The number of aliphatic hydroxyl groups is 1. The van der Waals surface area contributed by atoms with Crippen LogP contribution in [0, 0.1) is 56.3 Å². The fourth-order valence-electron chi connectivity index (χ4n) is 9.89. The van der Waals surface area contributed by atoms with Crippen LogP contribution in [0.25, 0.3) is 41.3 Å². The summed E-state index contributed by atoms with van der Waals surface area (Å²) in [6, 6.07) is 0. The maximum atomic E-state index is 14.4. The van der Waals surface area contributed by atoms with Gasteiger partial charge >= 0.3 is 35.0 Å². The molecule has 10 nitrogen and oxygen atoms in total. The molecule has 2 aliphatic heterocycles. The second-order valence-corrected chi connectivity index (χ2v) is 19.3. The van der Waals surface area contributed by atoms with Crippen LogP contribution in [0.4, 0.5) is 0 Å². The molecule has 1 fully saturated rings. The molecule has 0 amide bonds. The van der Waals surface area contributed by atoms with E-state index in [1.165, 1.54) is 57.6 Å². The van der Waals surface area contributed by atoms with Gasteiger partial charge in [-0.15, -0.1) is 33.5 Å². The molecule has 3 aliphatic rings. The largest absolute Gasteiger partial charge is 2.00 e. The van der Waals surface area contributed by atoms with Crippen LogP contribution in [-0.2, 0) is 19.1 Å². The first kappa shape index (κ1) is 52.2. The summed E-state index contributed by atoms with van der Waals surface area (Å²) in [7, 11) is 1.27. The van der Waals surface area contributed by atoms with Gasteiger partial charge in [0.2, 0.25) is 0 Å². The summed E-state index contributed by atoms with van der Waals surface area (Å²) in [5.41, 5.74) is 9.37. The van der Waals surface area contributed by atoms with Gasteiger partial charge in [0.15, 0.2) is 5.78 Å². The Morgan fingerprint density at radius 2 is 1.48 bits per heavy atom. The van der Waals surface area contributed by atoms with Crippen LogP contribution in [0.5, 0.6) is 0 Å². The van der Waals surface area contributed by atoms with E-state index >= 15 is 0 Å². The van der Waals surface area contributed by atoms with Gasteiger partial charge in [-0.05, 0) is 99.8 Å². The van der Waals surface area contributed by atoms with Crippen LogP contribution < -0.4 is 25.7 Å². The van der Waals surface area contributed by atoms with E-state index in [1.54, 1.807) is 18.2 Å². The number of fused-ring (bicyclic) bond motifs is 7. The normalized spacial score (nSPS) is 21.6. The number of aromatic nitrogens is 3. The molecule has 8 bridgehead atoms. The average Bonchev–Trinajstić information content (AvgIpc) is 4.00. The zero-order valence-corrected chi connectivity index (χ0v) is 42.6. The number of ether oxygens (including phenoxy) is 2. The van der Waals surface area contributed by atoms with Crippen molar-refractivity contribution in [3.8, 4) is 0 Å². The number of nitrogens with zero attached hydrogens (tertiary/aromatic N) is 4. The van der Waals surface area contributed by atoms with Crippen LogP contribution in [-0.4, -0.2) is 59.6 Å². The fraction of sp³-hybridized carbons (Fsp3) is 0.509. The van der Waals surface area contributed by atoms with Gasteiger partial charge in [0.05, 0.1) is 13.4 Å². The van der Waals surface area contributed by atoms with E-state index < -0.39 is 17.7 Å². The van der Waals surface area contributed by atoms with E-state index in [-0.39, 0.29) is 53.9 Å². The number of aliphatic hydroxyl groups excluding tert-OH is 1. The molecule has 5 atom stereocenters. The molecule has 11 heteroatoms. The smallest absolute Gasteiger partial charge is 0.664 e. The Balaban J connectivity index is 0.00000817. The molecule has 5 heterocycles. The third-order valence-corrected chi connectivity index (χ3v) is 14.0. The Morgan fingerprint density at radius 3 is 2.14 bits per heavy atom. The first-order chi connectivity index (χ1) is 31.1.